The van der Waals surface area contributed by atoms with E-state index < -0.39 is 0 Å². The second-order valence-electron chi connectivity index (χ2n) is 2.04. The van der Waals surface area contributed by atoms with Crippen LogP contribution in [0.1, 0.15) is 0 Å². The molecule has 1 rings (SSSR count). The topological polar surface area (TPSA) is 41.5 Å². The molecule has 0 aromatic heterocycles. The number of carbonyl (C=O) groups excluding carboxylic acids is 1. The van der Waals surface area contributed by atoms with Crippen LogP contribution in [0.15, 0.2) is 29.4 Å². The van der Waals surface area contributed by atoms with Crippen molar-refractivity contribution >= 4 is 18.2 Å². The summed E-state index contributed by atoms with van der Waals surface area (Å²) in [5.74, 6) is -0.346. The van der Waals surface area contributed by atoms with E-state index >= 15 is 0 Å². The maximum atomic E-state index is 12.5. The van der Waals surface area contributed by atoms with Crippen LogP contribution in [0.2, 0.25) is 0 Å². The minimum atomic E-state index is -0.346. The van der Waals surface area contributed by atoms with Gasteiger partial charge in [-0.3, -0.25) is 10.2 Å². The van der Waals surface area contributed by atoms with Crippen molar-refractivity contribution in [2.24, 2.45) is 5.10 Å². The van der Waals surface area contributed by atoms with Gasteiger partial charge >= 0.3 is 0 Å². The number of halogens is 1. The van der Waals surface area contributed by atoms with Gasteiger partial charge in [0.25, 0.3) is 0 Å². The molecule has 0 heterocycles. The summed E-state index contributed by atoms with van der Waals surface area (Å²) in [6.07, 6.45) is 1.58. The molecule has 0 atom stereocenters. The Kier molecular flexibility index (Phi) is 2.95. The fourth-order valence-corrected chi connectivity index (χ4v) is 0.700. The number of hydrazone groups is 1. The van der Waals surface area contributed by atoms with E-state index in [1.54, 1.807) is 12.1 Å². The lowest BCUT2D eigenvalue weighted by atomic mass is 10.3. The number of nitrogens with zero attached hydrogens (tertiary/aromatic N) is 1. The van der Waals surface area contributed by atoms with Gasteiger partial charge in [0.2, 0.25) is 0 Å². The summed E-state index contributed by atoms with van der Waals surface area (Å²) in [4.78, 5) is 9.80. The standard InChI is InChI=1S/C8H7FN2O/c9-7-2-1-3-8(6-7)11-10-4-5-12/h1-6,11H/b10-4+. The summed E-state index contributed by atoms with van der Waals surface area (Å²) in [6.45, 7) is 0. The molecule has 0 saturated carbocycles. The molecule has 0 radical (unpaired) electrons. The molecular weight excluding hydrogens is 159 g/mol. The summed E-state index contributed by atoms with van der Waals surface area (Å²) in [5, 5.41) is 3.49. The van der Waals surface area contributed by atoms with Gasteiger partial charge in [-0.2, -0.15) is 5.10 Å². The van der Waals surface area contributed by atoms with Crippen molar-refractivity contribution in [3.05, 3.63) is 30.1 Å². The zero-order valence-electron chi connectivity index (χ0n) is 6.20. The van der Waals surface area contributed by atoms with Gasteiger partial charge in [-0.05, 0) is 18.2 Å². The van der Waals surface area contributed by atoms with E-state index in [1.807, 2.05) is 0 Å². The van der Waals surface area contributed by atoms with Crippen molar-refractivity contribution < 1.29 is 9.18 Å². The first-order valence-corrected chi connectivity index (χ1v) is 3.31. The first-order chi connectivity index (χ1) is 5.83. The van der Waals surface area contributed by atoms with E-state index in [1.165, 1.54) is 12.1 Å². The Labute approximate surface area is 68.9 Å². The van der Waals surface area contributed by atoms with Crippen LogP contribution in [0, 0.1) is 5.82 Å². The summed E-state index contributed by atoms with van der Waals surface area (Å²) in [7, 11) is 0. The average molecular weight is 166 g/mol. The third-order valence-electron chi connectivity index (χ3n) is 1.15. The third kappa shape index (κ3) is 2.49. The highest BCUT2D eigenvalue weighted by Gasteiger charge is 1.90. The van der Waals surface area contributed by atoms with Gasteiger partial charge in [0, 0.05) is 0 Å². The van der Waals surface area contributed by atoms with Crippen LogP contribution in [0.25, 0.3) is 0 Å². The number of benzene rings is 1. The summed E-state index contributed by atoms with van der Waals surface area (Å²) in [5.41, 5.74) is 2.99. The molecule has 0 spiro atoms. The van der Waals surface area contributed by atoms with Crippen molar-refractivity contribution in [2.45, 2.75) is 0 Å². The van der Waals surface area contributed by atoms with Crippen molar-refractivity contribution in [3.63, 3.8) is 0 Å². The molecule has 0 fully saturated rings. The monoisotopic (exact) mass is 166 g/mol. The highest BCUT2D eigenvalue weighted by Crippen LogP contribution is 2.08. The largest absolute Gasteiger partial charge is 0.297 e. The first kappa shape index (κ1) is 8.39. The van der Waals surface area contributed by atoms with Crippen LogP contribution in [0.5, 0.6) is 0 Å². The van der Waals surface area contributed by atoms with E-state index in [4.69, 9.17) is 0 Å². The van der Waals surface area contributed by atoms with Crippen molar-refractivity contribution in [3.8, 4) is 0 Å². The quantitative estimate of drug-likeness (QED) is 0.419. The van der Waals surface area contributed by atoms with E-state index in [-0.39, 0.29) is 5.82 Å². The molecule has 0 bridgehead atoms. The normalized spacial score (nSPS) is 10.1. The molecule has 0 unspecified atom stereocenters. The molecule has 1 aromatic rings. The number of hydrogen-bond donors (Lipinski definition) is 1. The van der Waals surface area contributed by atoms with Gasteiger partial charge in [0.05, 0.1) is 11.9 Å². The molecule has 62 valence electrons. The van der Waals surface area contributed by atoms with Crippen molar-refractivity contribution in [2.75, 3.05) is 5.43 Å². The third-order valence-corrected chi connectivity index (χ3v) is 1.15. The van der Waals surface area contributed by atoms with Crippen LogP contribution in [0.4, 0.5) is 10.1 Å². The van der Waals surface area contributed by atoms with Gasteiger partial charge in [-0.25, -0.2) is 4.39 Å². The number of aldehydes is 1. The molecule has 0 amide bonds. The smallest absolute Gasteiger partial charge is 0.162 e. The Morgan fingerprint density at radius 1 is 1.50 bits per heavy atom. The SMILES string of the molecule is O=C/C=N/Nc1cccc(F)c1. The van der Waals surface area contributed by atoms with E-state index in [0.29, 0.717) is 12.0 Å². The van der Waals surface area contributed by atoms with Crippen LogP contribution in [-0.4, -0.2) is 12.5 Å². The van der Waals surface area contributed by atoms with Crippen LogP contribution in [-0.2, 0) is 4.79 Å². The van der Waals surface area contributed by atoms with Crippen LogP contribution in [0.3, 0.4) is 0 Å². The van der Waals surface area contributed by atoms with E-state index in [0.717, 1.165) is 6.21 Å². The van der Waals surface area contributed by atoms with Gasteiger partial charge in [-0.1, -0.05) is 6.07 Å². The number of rotatable bonds is 3. The van der Waals surface area contributed by atoms with Crippen molar-refractivity contribution in [1.29, 1.82) is 0 Å². The Hall–Kier alpha value is -1.71. The Bertz CT molecular complexity index is 299. The molecule has 4 heteroatoms. The van der Waals surface area contributed by atoms with Gasteiger partial charge < -0.3 is 0 Å². The molecule has 0 aliphatic rings. The lowest BCUT2D eigenvalue weighted by Gasteiger charge is -1.97. The van der Waals surface area contributed by atoms with Gasteiger partial charge in [0.1, 0.15) is 5.82 Å². The lowest BCUT2D eigenvalue weighted by molar-refractivity contribution is -0.102. The molecule has 0 aliphatic carbocycles. The molecular formula is C8H7FN2O. The number of carbonyl (C=O) groups is 1. The van der Waals surface area contributed by atoms with Crippen molar-refractivity contribution in [1.82, 2.24) is 0 Å². The second kappa shape index (κ2) is 4.23. The zero-order chi connectivity index (χ0) is 8.81. The fraction of sp³-hybridized carbons (Fsp3) is 0. The number of hydrogen-bond acceptors (Lipinski definition) is 3. The average Bonchev–Trinajstić information content (AvgIpc) is 2.05. The number of anilines is 1. The maximum Gasteiger partial charge on any atom is 0.162 e. The van der Waals surface area contributed by atoms with E-state index in [2.05, 4.69) is 10.5 Å². The fourth-order valence-electron chi connectivity index (χ4n) is 0.700. The zero-order valence-corrected chi connectivity index (χ0v) is 6.20. The predicted molar refractivity (Wildman–Crippen MR) is 44.6 cm³/mol. The van der Waals surface area contributed by atoms with E-state index in [9.17, 15) is 9.18 Å². The van der Waals surface area contributed by atoms with Gasteiger partial charge in [-0.15, -0.1) is 0 Å². The number of nitrogens with one attached hydrogen (secondary N) is 1. The molecule has 1 N–H and O–H groups in total. The summed E-state index contributed by atoms with van der Waals surface area (Å²) < 4.78 is 12.5. The van der Waals surface area contributed by atoms with Crippen LogP contribution >= 0.6 is 0 Å². The Morgan fingerprint density at radius 2 is 2.33 bits per heavy atom. The highest BCUT2D eigenvalue weighted by molar-refractivity contribution is 6.13. The molecule has 1 aromatic carbocycles. The minimum absolute atomic E-state index is 0.346. The molecule has 12 heavy (non-hydrogen) atoms. The van der Waals surface area contributed by atoms with Gasteiger partial charge in [0.15, 0.2) is 6.29 Å². The van der Waals surface area contributed by atoms with Crippen LogP contribution < -0.4 is 5.43 Å². The molecule has 0 saturated heterocycles. The summed E-state index contributed by atoms with van der Waals surface area (Å²) in [6, 6.07) is 5.80. The maximum absolute atomic E-state index is 12.5. The molecule has 0 aliphatic heterocycles. The lowest BCUT2D eigenvalue weighted by Crippen LogP contribution is -1.89. The predicted octanol–water partition coefficient (Wildman–Crippen LogP) is 1.42. The summed E-state index contributed by atoms with van der Waals surface area (Å²) >= 11 is 0. The Morgan fingerprint density at radius 3 is 3.00 bits per heavy atom. The second-order valence-corrected chi connectivity index (χ2v) is 2.04. The Balaban J connectivity index is 2.63. The minimum Gasteiger partial charge on any atom is -0.297 e. The molecule has 3 nitrogen and oxygen atoms in total. The first-order valence-electron chi connectivity index (χ1n) is 3.31. The highest BCUT2D eigenvalue weighted by atomic mass is 19.1.